The first kappa shape index (κ1) is 13.5. The van der Waals surface area contributed by atoms with Crippen molar-refractivity contribution in [2.75, 3.05) is 13.6 Å². The molecule has 0 heterocycles. The Labute approximate surface area is 108 Å². The molecule has 0 aliphatic heterocycles. The Balaban J connectivity index is 1.83. The van der Waals surface area contributed by atoms with Gasteiger partial charge < -0.3 is 10.0 Å². The predicted octanol–water partition coefficient (Wildman–Crippen LogP) is 2.60. The molecule has 1 fully saturated rings. The lowest BCUT2D eigenvalue weighted by Gasteiger charge is -2.35. The third-order valence-electron chi connectivity index (χ3n) is 3.93. The number of aliphatic hydroxyl groups is 1. The Kier molecular flexibility index (Phi) is 4.72. The van der Waals surface area contributed by atoms with Gasteiger partial charge in [0.25, 0.3) is 0 Å². The van der Waals surface area contributed by atoms with Gasteiger partial charge in [0.1, 0.15) is 5.82 Å². The summed E-state index contributed by atoms with van der Waals surface area (Å²) in [4.78, 5) is 2.24. The first-order chi connectivity index (χ1) is 8.66. The van der Waals surface area contributed by atoms with E-state index >= 15 is 0 Å². The monoisotopic (exact) mass is 251 g/mol. The molecule has 2 nitrogen and oxygen atoms in total. The Morgan fingerprint density at radius 2 is 1.89 bits per heavy atom. The minimum Gasteiger partial charge on any atom is -0.391 e. The van der Waals surface area contributed by atoms with Gasteiger partial charge in [-0.05, 0) is 44.0 Å². The van der Waals surface area contributed by atoms with Crippen molar-refractivity contribution < 1.29 is 9.50 Å². The summed E-state index contributed by atoms with van der Waals surface area (Å²) in [7, 11) is 2.07. The summed E-state index contributed by atoms with van der Waals surface area (Å²) in [6.45, 7) is 0.910. The highest BCUT2D eigenvalue weighted by molar-refractivity contribution is 5.16. The number of hydrogen-bond acceptors (Lipinski definition) is 2. The Morgan fingerprint density at radius 3 is 2.56 bits per heavy atom. The number of rotatable bonds is 4. The van der Waals surface area contributed by atoms with Crippen molar-refractivity contribution in [1.82, 2.24) is 4.90 Å². The molecule has 18 heavy (non-hydrogen) atoms. The number of halogens is 1. The van der Waals surface area contributed by atoms with Gasteiger partial charge in [0.15, 0.2) is 0 Å². The van der Waals surface area contributed by atoms with E-state index in [4.69, 9.17) is 0 Å². The molecule has 2 unspecified atom stereocenters. The van der Waals surface area contributed by atoms with Gasteiger partial charge in [0, 0.05) is 12.6 Å². The highest BCUT2D eigenvalue weighted by atomic mass is 19.1. The molecule has 1 aliphatic carbocycles. The van der Waals surface area contributed by atoms with Crippen molar-refractivity contribution in [2.24, 2.45) is 0 Å². The Hall–Kier alpha value is -0.930. The minimum atomic E-state index is -0.185. The van der Waals surface area contributed by atoms with Crippen LogP contribution in [0.15, 0.2) is 24.3 Å². The van der Waals surface area contributed by atoms with Crippen molar-refractivity contribution in [3.8, 4) is 0 Å². The molecular weight excluding hydrogens is 229 g/mol. The van der Waals surface area contributed by atoms with Crippen LogP contribution < -0.4 is 0 Å². The van der Waals surface area contributed by atoms with E-state index in [9.17, 15) is 9.50 Å². The number of aliphatic hydroxyl groups excluding tert-OH is 1. The summed E-state index contributed by atoms with van der Waals surface area (Å²) >= 11 is 0. The third kappa shape index (κ3) is 3.53. The van der Waals surface area contributed by atoms with Gasteiger partial charge in [-0.3, -0.25) is 0 Å². The molecule has 0 bridgehead atoms. The number of benzene rings is 1. The van der Waals surface area contributed by atoms with Crippen LogP contribution in [-0.4, -0.2) is 35.7 Å². The summed E-state index contributed by atoms with van der Waals surface area (Å²) in [6.07, 6.45) is 5.08. The fraction of sp³-hybridized carbons (Fsp3) is 0.600. The summed E-state index contributed by atoms with van der Waals surface area (Å²) in [6, 6.07) is 6.97. The molecule has 1 aromatic rings. The maximum Gasteiger partial charge on any atom is 0.123 e. The number of likely N-dealkylation sites (N-methyl/N-ethyl adjacent to an activating group) is 1. The largest absolute Gasteiger partial charge is 0.391 e. The quantitative estimate of drug-likeness (QED) is 0.889. The maximum atomic E-state index is 12.8. The molecule has 0 amide bonds. The van der Waals surface area contributed by atoms with Crippen LogP contribution in [0.5, 0.6) is 0 Å². The van der Waals surface area contributed by atoms with E-state index in [1.807, 2.05) is 12.1 Å². The summed E-state index contributed by atoms with van der Waals surface area (Å²) in [5, 5.41) is 9.98. The topological polar surface area (TPSA) is 23.5 Å². The number of hydrogen-bond donors (Lipinski definition) is 1. The molecule has 1 N–H and O–H groups in total. The van der Waals surface area contributed by atoms with E-state index < -0.39 is 0 Å². The zero-order chi connectivity index (χ0) is 13.0. The second-order valence-electron chi connectivity index (χ2n) is 5.28. The first-order valence-corrected chi connectivity index (χ1v) is 6.79. The second kappa shape index (κ2) is 6.30. The van der Waals surface area contributed by atoms with E-state index in [1.165, 1.54) is 18.6 Å². The molecule has 1 aliphatic rings. The van der Waals surface area contributed by atoms with Gasteiger partial charge in [-0.2, -0.15) is 0 Å². The van der Waals surface area contributed by atoms with Crippen molar-refractivity contribution in [1.29, 1.82) is 0 Å². The average Bonchev–Trinajstić information content (AvgIpc) is 2.38. The zero-order valence-electron chi connectivity index (χ0n) is 11.0. The van der Waals surface area contributed by atoms with E-state index in [0.717, 1.165) is 37.8 Å². The molecule has 0 aromatic heterocycles. The summed E-state index contributed by atoms with van der Waals surface area (Å²) in [5.74, 6) is -0.185. The first-order valence-electron chi connectivity index (χ1n) is 6.79. The maximum absolute atomic E-state index is 12.8. The Bertz CT molecular complexity index is 365. The smallest absolute Gasteiger partial charge is 0.123 e. The average molecular weight is 251 g/mol. The van der Waals surface area contributed by atoms with Gasteiger partial charge in [0.05, 0.1) is 6.10 Å². The van der Waals surface area contributed by atoms with Crippen LogP contribution in [-0.2, 0) is 6.42 Å². The second-order valence-corrected chi connectivity index (χ2v) is 5.28. The summed E-state index contributed by atoms with van der Waals surface area (Å²) < 4.78 is 12.8. The highest BCUT2D eigenvalue weighted by Crippen LogP contribution is 2.22. The fourth-order valence-electron chi connectivity index (χ4n) is 2.73. The van der Waals surface area contributed by atoms with Crippen molar-refractivity contribution in [3.63, 3.8) is 0 Å². The normalized spacial score (nSPS) is 24.4. The zero-order valence-corrected chi connectivity index (χ0v) is 11.0. The highest BCUT2D eigenvalue weighted by Gasteiger charge is 2.26. The van der Waals surface area contributed by atoms with E-state index in [0.29, 0.717) is 6.04 Å². The molecule has 3 heteroatoms. The van der Waals surface area contributed by atoms with E-state index in [1.54, 1.807) is 0 Å². The van der Waals surface area contributed by atoms with Crippen molar-refractivity contribution in [3.05, 3.63) is 35.6 Å². The Morgan fingerprint density at radius 1 is 1.22 bits per heavy atom. The predicted molar refractivity (Wildman–Crippen MR) is 71.0 cm³/mol. The molecule has 0 saturated heterocycles. The van der Waals surface area contributed by atoms with Crippen molar-refractivity contribution in [2.45, 2.75) is 44.2 Å². The number of nitrogens with zero attached hydrogens (tertiary/aromatic N) is 1. The van der Waals surface area contributed by atoms with Crippen LogP contribution in [0, 0.1) is 5.82 Å². The van der Waals surface area contributed by atoms with Crippen LogP contribution in [0.1, 0.15) is 31.2 Å². The minimum absolute atomic E-state index is 0.183. The molecule has 0 spiro atoms. The van der Waals surface area contributed by atoms with E-state index in [2.05, 4.69) is 11.9 Å². The lowest BCUT2D eigenvalue weighted by atomic mass is 9.91. The fourth-order valence-corrected chi connectivity index (χ4v) is 2.73. The molecule has 1 aromatic carbocycles. The van der Waals surface area contributed by atoms with Crippen LogP contribution in [0.3, 0.4) is 0 Å². The van der Waals surface area contributed by atoms with Crippen LogP contribution >= 0.6 is 0 Å². The van der Waals surface area contributed by atoms with Gasteiger partial charge in [0.2, 0.25) is 0 Å². The molecular formula is C15H22FNO. The van der Waals surface area contributed by atoms with Gasteiger partial charge >= 0.3 is 0 Å². The van der Waals surface area contributed by atoms with Crippen LogP contribution in [0.2, 0.25) is 0 Å². The van der Waals surface area contributed by atoms with Crippen LogP contribution in [0.25, 0.3) is 0 Å². The summed E-state index contributed by atoms with van der Waals surface area (Å²) in [5.41, 5.74) is 1.15. The van der Waals surface area contributed by atoms with Gasteiger partial charge in [-0.15, -0.1) is 0 Å². The van der Waals surface area contributed by atoms with Crippen LogP contribution in [0.4, 0.5) is 4.39 Å². The molecule has 100 valence electrons. The SMILES string of the molecule is CN(CCc1ccc(F)cc1)C1CCCCC1O. The lowest BCUT2D eigenvalue weighted by molar-refractivity contribution is 0.0327. The lowest BCUT2D eigenvalue weighted by Crippen LogP contribution is -2.44. The van der Waals surface area contributed by atoms with Gasteiger partial charge in [-0.25, -0.2) is 4.39 Å². The molecule has 2 rings (SSSR count). The van der Waals surface area contributed by atoms with E-state index in [-0.39, 0.29) is 11.9 Å². The van der Waals surface area contributed by atoms with Crippen molar-refractivity contribution >= 4 is 0 Å². The standard InChI is InChI=1S/C15H22FNO/c1-17(14-4-2-3-5-15(14)18)11-10-12-6-8-13(16)9-7-12/h6-9,14-15,18H,2-5,10-11H2,1H3. The van der Waals surface area contributed by atoms with Gasteiger partial charge in [-0.1, -0.05) is 25.0 Å². The molecule has 0 radical (unpaired) electrons. The molecule has 2 atom stereocenters. The third-order valence-corrected chi connectivity index (χ3v) is 3.93. The molecule has 1 saturated carbocycles.